The van der Waals surface area contributed by atoms with Gasteiger partial charge < -0.3 is 0 Å². The standard InChI is InChI=1S/C33H34N2OS/c1-24-14-16-26(17-15-24)23-37-32-34-30-28-13-7-6-12-27(28)22-33(19-8-3-9-20-33)29(30)31(36)35(32)21-18-25-10-4-2-5-11-25/h2,4-7,10-17H,3,8-9,18-23H2,1H3. The van der Waals surface area contributed by atoms with Gasteiger partial charge >= 0.3 is 0 Å². The summed E-state index contributed by atoms with van der Waals surface area (Å²) in [7, 11) is 0. The Kier molecular flexibility index (Phi) is 6.77. The average molecular weight is 507 g/mol. The number of aryl methyl sites for hydroxylation is 2. The van der Waals surface area contributed by atoms with Crippen molar-refractivity contribution in [3.63, 3.8) is 0 Å². The SMILES string of the molecule is Cc1ccc(CSc2nc3c(c(=O)n2CCc2ccccc2)C2(CCCCC2)Cc2ccccc2-3)cc1. The second kappa shape index (κ2) is 10.3. The summed E-state index contributed by atoms with van der Waals surface area (Å²) in [5.74, 6) is 0.795. The quantitative estimate of drug-likeness (QED) is 0.200. The van der Waals surface area contributed by atoms with E-state index >= 15 is 0 Å². The van der Waals surface area contributed by atoms with Crippen LogP contribution in [0.15, 0.2) is 88.8 Å². The molecule has 188 valence electrons. The minimum Gasteiger partial charge on any atom is -0.287 e. The molecule has 1 spiro atoms. The summed E-state index contributed by atoms with van der Waals surface area (Å²) in [6, 6.07) is 27.8. The third-order valence-corrected chi connectivity index (χ3v) is 9.28. The molecule has 0 bridgehead atoms. The van der Waals surface area contributed by atoms with E-state index < -0.39 is 0 Å². The van der Waals surface area contributed by atoms with Gasteiger partial charge in [-0.3, -0.25) is 9.36 Å². The van der Waals surface area contributed by atoms with Crippen molar-refractivity contribution < 1.29 is 0 Å². The van der Waals surface area contributed by atoms with Gasteiger partial charge in [0.25, 0.3) is 5.56 Å². The molecule has 1 aromatic heterocycles. The van der Waals surface area contributed by atoms with E-state index in [0.29, 0.717) is 6.54 Å². The zero-order valence-corrected chi connectivity index (χ0v) is 22.4. The Bertz CT molecular complexity index is 1450. The zero-order chi connectivity index (χ0) is 25.2. The lowest BCUT2D eigenvalue weighted by Gasteiger charge is -2.42. The highest BCUT2D eigenvalue weighted by atomic mass is 32.2. The Morgan fingerprint density at radius 3 is 2.38 bits per heavy atom. The van der Waals surface area contributed by atoms with Gasteiger partial charge in [-0.2, -0.15) is 0 Å². The van der Waals surface area contributed by atoms with Crippen LogP contribution in [0.2, 0.25) is 0 Å². The molecule has 4 heteroatoms. The number of fused-ring (bicyclic) bond motifs is 4. The monoisotopic (exact) mass is 506 g/mol. The van der Waals surface area contributed by atoms with Crippen molar-refractivity contribution in [2.75, 3.05) is 0 Å². The molecular weight excluding hydrogens is 472 g/mol. The van der Waals surface area contributed by atoms with Gasteiger partial charge in [-0.1, -0.05) is 115 Å². The lowest BCUT2D eigenvalue weighted by molar-refractivity contribution is 0.282. The Balaban J connectivity index is 1.47. The van der Waals surface area contributed by atoms with Gasteiger partial charge in [-0.05, 0) is 49.3 Å². The van der Waals surface area contributed by atoms with Crippen LogP contribution in [-0.4, -0.2) is 9.55 Å². The van der Waals surface area contributed by atoms with Crippen LogP contribution in [0.25, 0.3) is 11.3 Å². The largest absolute Gasteiger partial charge is 0.287 e. The van der Waals surface area contributed by atoms with Crippen molar-refractivity contribution >= 4 is 11.8 Å². The van der Waals surface area contributed by atoms with Gasteiger partial charge in [0, 0.05) is 23.3 Å². The minimum absolute atomic E-state index is 0.0827. The molecule has 1 heterocycles. The number of benzene rings is 3. The predicted molar refractivity (Wildman–Crippen MR) is 153 cm³/mol. The molecule has 37 heavy (non-hydrogen) atoms. The lowest BCUT2D eigenvalue weighted by Crippen LogP contribution is -2.43. The Morgan fingerprint density at radius 1 is 0.865 bits per heavy atom. The van der Waals surface area contributed by atoms with Crippen LogP contribution in [-0.2, 0) is 30.6 Å². The van der Waals surface area contributed by atoms with Crippen molar-refractivity contribution in [1.82, 2.24) is 9.55 Å². The molecule has 3 aromatic carbocycles. The van der Waals surface area contributed by atoms with Crippen LogP contribution < -0.4 is 5.56 Å². The van der Waals surface area contributed by atoms with Crippen molar-refractivity contribution in [1.29, 1.82) is 0 Å². The van der Waals surface area contributed by atoms with E-state index in [1.54, 1.807) is 11.8 Å². The molecule has 0 aliphatic heterocycles. The number of hydrogen-bond acceptors (Lipinski definition) is 3. The van der Waals surface area contributed by atoms with Crippen molar-refractivity contribution in [2.24, 2.45) is 0 Å². The fraction of sp³-hybridized carbons (Fsp3) is 0.333. The highest BCUT2D eigenvalue weighted by molar-refractivity contribution is 7.98. The third kappa shape index (κ3) is 4.80. The molecule has 1 fully saturated rings. The number of rotatable bonds is 6. The van der Waals surface area contributed by atoms with Crippen LogP contribution in [0.3, 0.4) is 0 Å². The molecule has 0 N–H and O–H groups in total. The van der Waals surface area contributed by atoms with Crippen molar-refractivity contribution in [3.05, 3.63) is 117 Å². The Labute approximate surface area is 224 Å². The van der Waals surface area contributed by atoms with E-state index in [4.69, 9.17) is 4.98 Å². The predicted octanol–water partition coefficient (Wildman–Crippen LogP) is 7.51. The van der Waals surface area contributed by atoms with Crippen LogP contribution >= 0.6 is 11.8 Å². The summed E-state index contributed by atoms with van der Waals surface area (Å²) in [5.41, 5.74) is 8.29. The van der Waals surface area contributed by atoms with Crippen molar-refractivity contribution in [2.45, 2.75) is 74.7 Å². The number of hydrogen-bond donors (Lipinski definition) is 0. The van der Waals surface area contributed by atoms with Crippen molar-refractivity contribution in [3.8, 4) is 11.3 Å². The molecule has 0 radical (unpaired) electrons. The fourth-order valence-electron chi connectivity index (χ4n) is 6.25. The topological polar surface area (TPSA) is 34.9 Å². The summed E-state index contributed by atoms with van der Waals surface area (Å²) < 4.78 is 2.00. The van der Waals surface area contributed by atoms with E-state index in [2.05, 4.69) is 79.7 Å². The first-order valence-electron chi connectivity index (χ1n) is 13.6. The highest BCUT2D eigenvalue weighted by Crippen LogP contribution is 2.48. The van der Waals surface area contributed by atoms with E-state index in [0.717, 1.165) is 53.4 Å². The van der Waals surface area contributed by atoms with Gasteiger partial charge in [0.1, 0.15) is 0 Å². The molecule has 2 aliphatic carbocycles. The van der Waals surface area contributed by atoms with Gasteiger partial charge in [0.15, 0.2) is 5.16 Å². The van der Waals surface area contributed by atoms with Crippen LogP contribution in [0, 0.1) is 6.92 Å². The maximum atomic E-state index is 14.5. The molecule has 6 rings (SSSR count). The molecular formula is C33H34N2OS. The maximum Gasteiger partial charge on any atom is 0.258 e. The van der Waals surface area contributed by atoms with Crippen LogP contribution in [0.5, 0.6) is 0 Å². The van der Waals surface area contributed by atoms with E-state index in [-0.39, 0.29) is 11.0 Å². The Morgan fingerprint density at radius 2 is 1.59 bits per heavy atom. The first kappa shape index (κ1) is 24.2. The maximum absolute atomic E-state index is 14.5. The molecule has 1 saturated carbocycles. The fourth-order valence-corrected chi connectivity index (χ4v) is 7.22. The summed E-state index contributed by atoms with van der Waals surface area (Å²) in [4.78, 5) is 19.8. The molecule has 0 unspecified atom stereocenters. The second-order valence-corrected chi connectivity index (χ2v) is 11.7. The molecule has 0 amide bonds. The summed E-state index contributed by atoms with van der Waals surface area (Å²) in [6.45, 7) is 2.76. The summed E-state index contributed by atoms with van der Waals surface area (Å²) in [5, 5.41) is 0.836. The molecule has 3 nitrogen and oxygen atoms in total. The molecule has 2 aliphatic rings. The first-order valence-corrected chi connectivity index (χ1v) is 14.6. The summed E-state index contributed by atoms with van der Waals surface area (Å²) >= 11 is 1.69. The Hall–Kier alpha value is -3.11. The van der Waals surface area contributed by atoms with E-state index in [1.807, 2.05) is 10.6 Å². The smallest absolute Gasteiger partial charge is 0.258 e. The van der Waals surface area contributed by atoms with Gasteiger partial charge in [-0.25, -0.2) is 4.98 Å². The number of aromatic nitrogens is 2. The summed E-state index contributed by atoms with van der Waals surface area (Å²) in [6.07, 6.45) is 7.59. The van der Waals surface area contributed by atoms with E-state index in [1.165, 1.54) is 41.5 Å². The van der Waals surface area contributed by atoms with Gasteiger partial charge in [0.2, 0.25) is 0 Å². The molecule has 0 saturated heterocycles. The van der Waals surface area contributed by atoms with Crippen LogP contribution in [0.1, 0.15) is 59.9 Å². The van der Waals surface area contributed by atoms with E-state index in [9.17, 15) is 4.79 Å². The van der Waals surface area contributed by atoms with Crippen LogP contribution in [0.4, 0.5) is 0 Å². The molecule has 0 atom stereocenters. The number of thioether (sulfide) groups is 1. The second-order valence-electron chi connectivity index (χ2n) is 10.8. The minimum atomic E-state index is -0.0827. The average Bonchev–Trinajstić information content (AvgIpc) is 2.93. The lowest BCUT2D eigenvalue weighted by atomic mass is 9.62. The highest BCUT2D eigenvalue weighted by Gasteiger charge is 2.43. The number of nitrogens with zero attached hydrogens (tertiary/aromatic N) is 2. The zero-order valence-electron chi connectivity index (χ0n) is 21.6. The normalized spacial score (nSPS) is 15.8. The molecule has 4 aromatic rings. The van der Waals surface area contributed by atoms with Gasteiger partial charge in [0.05, 0.1) is 11.3 Å². The first-order chi connectivity index (χ1) is 18.1. The van der Waals surface area contributed by atoms with Gasteiger partial charge in [-0.15, -0.1) is 0 Å². The third-order valence-electron chi connectivity index (χ3n) is 8.23.